The molecular weight excluding hydrogens is 483 g/mol. The molecule has 9 nitrogen and oxygen atoms in total. The van der Waals surface area contributed by atoms with E-state index in [4.69, 9.17) is 0 Å². The van der Waals surface area contributed by atoms with Crippen molar-refractivity contribution in [2.24, 2.45) is 0 Å². The monoisotopic (exact) mass is 510 g/mol. The number of carbonyl (C=O) groups excluding carboxylic acids is 1. The molecular formula is C25H27FN6O3S. The molecule has 0 amide bonds. The number of nitrogens with zero attached hydrogens (tertiary/aromatic N) is 3. The standard InChI is InChI=1S/C25H27FN6O3S/c1-2-10-36(34,35)31-22-5-3-4-19(23(22)26)24(33)21-14-29-25-20(21)11-16(12-28-25)17-13-30-32(15-17)18-6-8-27-9-7-18/h3-5,11-15,18,27,31H,2,6-10H2,1H3,(H,28,29). The van der Waals surface area contributed by atoms with Gasteiger partial charge in [0.15, 0.2) is 11.6 Å². The van der Waals surface area contributed by atoms with Crippen LogP contribution in [0.3, 0.4) is 0 Å². The van der Waals surface area contributed by atoms with E-state index in [1.807, 2.05) is 16.9 Å². The summed E-state index contributed by atoms with van der Waals surface area (Å²) in [5.41, 5.74) is 1.93. The number of pyridine rings is 1. The van der Waals surface area contributed by atoms with Gasteiger partial charge < -0.3 is 10.3 Å². The SMILES string of the molecule is CCCS(=O)(=O)Nc1cccc(C(=O)c2c[nH]c3ncc(-c4cnn(C5CCNCC5)c4)cc23)c1F. The van der Waals surface area contributed by atoms with E-state index < -0.39 is 21.6 Å². The Morgan fingerprint density at radius 3 is 2.78 bits per heavy atom. The van der Waals surface area contributed by atoms with Gasteiger partial charge in [0.1, 0.15) is 5.65 Å². The molecule has 1 aliphatic rings. The van der Waals surface area contributed by atoms with Gasteiger partial charge in [0.2, 0.25) is 10.0 Å². The zero-order valence-corrected chi connectivity index (χ0v) is 20.6. The second kappa shape index (κ2) is 9.82. The van der Waals surface area contributed by atoms with Gasteiger partial charge in [-0.3, -0.25) is 14.2 Å². The van der Waals surface area contributed by atoms with Crippen LogP contribution in [-0.2, 0) is 10.0 Å². The first-order valence-corrected chi connectivity index (χ1v) is 13.6. The molecule has 5 rings (SSSR count). The van der Waals surface area contributed by atoms with E-state index in [-0.39, 0.29) is 22.6 Å². The summed E-state index contributed by atoms with van der Waals surface area (Å²) in [5.74, 6) is -1.63. The number of ketones is 1. The second-order valence-electron chi connectivity index (χ2n) is 8.93. The smallest absolute Gasteiger partial charge is 0.232 e. The Bertz CT molecular complexity index is 1520. The molecule has 1 aliphatic heterocycles. The van der Waals surface area contributed by atoms with E-state index in [1.165, 1.54) is 24.4 Å². The molecule has 188 valence electrons. The third-order valence-corrected chi connectivity index (χ3v) is 7.85. The lowest BCUT2D eigenvalue weighted by Crippen LogP contribution is -2.29. The summed E-state index contributed by atoms with van der Waals surface area (Å²) >= 11 is 0. The molecule has 4 heterocycles. The van der Waals surface area contributed by atoms with Crippen molar-refractivity contribution in [1.82, 2.24) is 25.1 Å². The van der Waals surface area contributed by atoms with Crippen LogP contribution in [0.1, 0.15) is 48.1 Å². The van der Waals surface area contributed by atoms with E-state index in [0.29, 0.717) is 23.5 Å². The third kappa shape index (κ3) is 4.76. The summed E-state index contributed by atoms with van der Waals surface area (Å²) in [6, 6.07) is 6.27. The largest absolute Gasteiger partial charge is 0.345 e. The van der Waals surface area contributed by atoms with Crippen LogP contribution in [0.4, 0.5) is 10.1 Å². The van der Waals surface area contributed by atoms with Crippen molar-refractivity contribution >= 4 is 32.5 Å². The van der Waals surface area contributed by atoms with Gasteiger partial charge in [-0.2, -0.15) is 5.10 Å². The highest BCUT2D eigenvalue weighted by atomic mass is 32.2. The van der Waals surface area contributed by atoms with Gasteiger partial charge in [-0.05, 0) is 50.6 Å². The predicted molar refractivity (Wildman–Crippen MR) is 136 cm³/mol. The fourth-order valence-electron chi connectivity index (χ4n) is 4.53. The molecule has 0 aliphatic carbocycles. The normalized spacial score (nSPS) is 14.8. The fourth-order valence-corrected chi connectivity index (χ4v) is 5.66. The van der Waals surface area contributed by atoms with E-state index in [9.17, 15) is 13.2 Å². The number of hydrogen-bond donors (Lipinski definition) is 3. The molecule has 0 saturated carbocycles. The zero-order chi connectivity index (χ0) is 25.3. The molecule has 1 aromatic carbocycles. The van der Waals surface area contributed by atoms with Crippen molar-refractivity contribution < 1.29 is 17.6 Å². The van der Waals surface area contributed by atoms with Gasteiger partial charge in [0, 0.05) is 40.7 Å². The van der Waals surface area contributed by atoms with Gasteiger partial charge in [-0.25, -0.2) is 17.8 Å². The number of carbonyl (C=O) groups is 1. The molecule has 0 radical (unpaired) electrons. The molecule has 3 aromatic heterocycles. The Balaban J connectivity index is 1.46. The summed E-state index contributed by atoms with van der Waals surface area (Å²) in [5, 5.41) is 8.43. The first-order valence-electron chi connectivity index (χ1n) is 11.9. The predicted octanol–water partition coefficient (Wildman–Crippen LogP) is 3.87. The molecule has 11 heteroatoms. The topological polar surface area (TPSA) is 122 Å². The van der Waals surface area contributed by atoms with Crippen LogP contribution >= 0.6 is 0 Å². The number of aromatic amines is 1. The fraction of sp³-hybridized carbons (Fsp3) is 0.320. The summed E-state index contributed by atoms with van der Waals surface area (Å²) in [4.78, 5) is 20.8. The number of fused-ring (bicyclic) bond motifs is 1. The van der Waals surface area contributed by atoms with Crippen molar-refractivity contribution in [1.29, 1.82) is 0 Å². The minimum absolute atomic E-state index is 0.143. The summed E-state index contributed by atoms with van der Waals surface area (Å²) in [6.45, 7) is 3.63. The van der Waals surface area contributed by atoms with Crippen molar-refractivity contribution in [2.45, 2.75) is 32.2 Å². The van der Waals surface area contributed by atoms with E-state index in [0.717, 1.165) is 37.1 Å². The molecule has 3 N–H and O–H groups in total. The van der Waals surface area contributed by atoms with Crippen LogP contribution in [0, 0.1) is 5.82 Å². The Labute approximate surface area is 208 Å². The number of halogens is 1. The van der Waals surface area contributed by atoms with Crippen LogP contribution in [0.15, 0.2) is 49.1 Å². The molecule has 0 atom stereocenters. The minimum atomic E-state index is -3.71. The van der Waals surface area contributed by atoms with Crippen LogP contribution < -0.4 is 10.0 Å². The summed E-state index contributed by atoms with van der Waals surface area (Å²) in [6.07, 6.45) is 9.37. The van der Waals surface area contributed by atoms with Gasteiger partial charge >= 0.3 is 0 Å². The second-order valence-corrected chi connectivity index (χ2v) is 10.8. The minimum Gasteiger partial charge on any atom is -0.345 e. The maximum absolute atomic E-state index is 15.2. The molecule has 0 bridgehead atoms. The van der Waals surface area contributed by atoms with Crippen molar-refractivity contribution in [3.8, 4) is 11.1 Å². The number of anilines is 1. The Kier molecular flexibility index (Phi) is 6.59. The van der Waals surface area contributed by atoms with Crippen LogP contribution in [0.5, 0.6) is 0 Å². The summed E-state index contributed by atoms with van der Waals surface area (Å²) in [7, 11) is -3.71. The maximum Gasteiger partial charge on any atom is 0.232 e. The molecule has 0 spiro atoms. The van der Waals surface area contributed by atoms with Crippen LogP contribution in [0.25, 0.3) is 22.2 Å². The van der Waals surface area contributed by atoms with Gasteiger partial charge in [0.25, 0.3) is 0 Å². The van der Waals surface area contributed by atoms with Crippen molar-refractivity contribution in [2.75, 3.05) is 23.6 Å². The highest BCUT2D eigenvalue weighted by Gasteiger charge is 2.23. The van der Waals surface area contributed by atoms with Gasteiger partial charge in [-0.1, -0.05) is 13.0 Å². The number of nitrogens with one attached hydrogen (secondary N) is 3. The van der Waals surface area contributed by atoms with E-state index in [2.05, 4.69) is 25.1 Å². The molecule has 1 saturated heterocycles. The number of rotatable bonds is 8. The number of H-pyrrole nitrogens is 1. The first kappa shape index (κ1) is 24.1. The van der Waals surface area contributed by atoms with Crippen LogP contribution in [0.2, 0.25) is 0 Å². The first-order chi connectivity index (χ1) is 17.4. The van der Waals surface area contributed by atoms with Gasteiger partial charge in [-0.15, -0.1) is 0 Å². The Morgan fingerprint density at radius 1 is 1.19 bits per heavy atom. The number of aromatic nitrogens is 4. The van der Waals surface area contributed by atoms with Crippen molar-refractivity contribution in [3.63, 3.8) is 0 Å². The lowest BCUT2D eigenvalue weighted by atomic mass is 10.0. The number of hydrogen-bond acceptors (Lipinski definition) is 6. The lowest BCUT2D eigenvalue weighted by molar-refractivity contribution is 0.103. The van der Waals surface area contributed by atoms with Crippen LogP contribution in [-0.4, -0.2) is 52.8 Å². The summed E-state index contributed by atoms with van der Waals surface area (Å²) < 4.78 is 43.7. The number of benzene rings is 1. The van der Waals surface area contributed by atoms with Crippen molar-refractivity contribution in [3.05, 3.63) is 66.0 Å². The average Bonchev–Trinajstić information content (AvgIpc) is 3.53. The highest BCUT2D eigenvalue weighted by molar-refractivity contribution is 7.92. The quantitative estimate of drug-likeness (QED) is 0.309. The zero-order valence-electron chi connectivity index (χ0n) is 19.8. The molecule has 0 unspecified atom stereocenters. The molecule has 4 aromatic rings. The number of piperidine rings is 1. The highest BCUT2D eigenvalue weighted by Crippen LogP contribution is 2.29. The molecule has 36 heavy (non-hydrogen) atoms. The average molecular weight is 511 g/mol. The Hall–Kier alpha value is -3.57. The Morgan fingerprint density at radius 2 is 2.00 bits per heavy atom. The maximum atomic E-state index is 15.2. The lowest BCUT2D eigenvalue weighted by Gasteiger charge is -2.22. The van der Waals surface area contributed by atoms with E-state index in [1.54, 1.807) is 19.3 Å². The number of sulfonamides is 1. The van der Waals surface area contributed by atoms with E-state index >= 15 is 4.39 Å². The molecule has 1 fully saturated rings. The third-order valence-electron chi connectivity index (χ3n) is 6.38. The van der Waals surface area contributed by atoms with Gasteiger partial charge in [0.05, 0.1) is 29.2 Å².